The van der Waals surface area contributed by atoms with E-state index in [-0.39, 0.29) is 16.7 Å². The van der Waals surface area contributed by atoms with Gasteiger partial charge in [-0.3, -0.25) is 24.0 Å². The average Bonchev–Trinajstić information content (AvgIpc) is 3.31. The molecule has 3 fully saturated rings. The summed E-state index contributed by atoms with van der Waals surface area (Å²) >= 11 is 0. The van der Waals surface area contributed by atoms with Crippen LogP contribution in [0.25, 0.3) is 0 Å². The molecule has 22 heteroatoms. The third-order valence-corrected chi connectivity index (χ3v) is 10.7. The summed E-state index contributed by atoms with van der Waals surface area (Å²) in [6.45, 7) is 5.51. The third-order valence-electron chi connectivity index (χ3n) is 10.7. The molecule has 0 aromatic heterocycles. The summed E-state index contributed by atoms with van der Waals surface area (Å²) in [5.74, 6) is -7.22. The smallest absolute Gasteiger partial charge is 0.338 e. The molecule has 0 unspecified atom stereocenters. The third kappa shape index (κ3) is 13.7. The first kappa shape index (κ1) is 52.5. The maximum Gasteiger partial charge on any atom is 0.338 e. The van der Waals surface area contributed by atoms with Gasteiger partial charge in [0.1, 0.15) is 6.10 Å². The summed E-state index contributed by atoms with van der Waals surface area (Å²) in [4.78, 5) is 103. The summed E-state index contributed by atoms with van der Waals surface area (Å²) in [6.07, 6.45) is -23.0. The lowest BCUT2D eigenvalue weighted by atomic mass is 9.97. The number of esters is 8. The van der Waals surface area contributed by atoms with Crippen LogP contribution in [0.3, 0.4) is 0 Å². The zero-order valence-corrected chi connectivity index (χ0v) is 38.7. The Balaban J connectivity index is 1.39. The Kier molecular flexibility index (Phi) is 18.1. The quantitative estimate of drug-likeness (QED) is 0.159. The lowest BCUT2D eigenvalue weighted by Crippen LogP contribution is -2.65. The second-order valence-corrected chi connectivity index (χ2v) is 16.1. The van der Waals surface area contributed by atoms with Gasteiger partial charge in [-0.25, -0.2) is 14.4 Å². The minimum absolute atomic E-state index is 0.0353. The molecule has 1 N–H and O–H groups in total. The highest BCUT2D eigenvalue weighted by molar-refractivity contribution is 5.91. The van der Waals surface area contributed by atoms with Gasteiger partial charge in [-0.1, -0.05) is 54.6 Å². The Morgan fingerprint density at radius 1 is 0.471 bits per heavy atom. The molecule has 0 bridgehead atoms. The van der Waals surface area contributed by atoms with Crippen molar-refractivity contribution in [3.05, 3.63) is 108 Å². The highest BCUT2D eigenvalue weighted by Crippen LogP contribution is 2.35. The number of benzene rings is 3. The summed E-state index contributed by atoms with van der Waals surface area (Å²) in [7, 11) is 0. The molecule has 6 rings (SSSR count). The van der Waals surface area contributed by atoms with Gasteiger partial charge in [0, 0.05) is 34.6 Å². The fraction of sp³-hybridized carbons (Fsp3) is 0.458. The molecule has 0 saturated carbocycles. The van der Waals surface area contributed by atoms with Crippen molar-refractivity contribution in [2.75, 3.05) is 13.2 Å². The molecule has 22 nitrogen and oxygen atoms in total. The largest absolute Gasteiger partial charge is 0.456 e. The van der Waals surface area contributed by atoms with E-state index in [1.54, 1.807) is 54.6 Å². The monoisotopic (exact) mass is 980 g/mol. The Bertz CT molecular complexity index is 2310. The van der Waals surface area contributed by atoms with Crippen molar-refractivity contribution in [1.82, 2.24) is 0 Å². The van der Waals surface area contributed by atoms with E-state index < -0.39 is 147 Å². The van der Waals surface area contributed by atoms with E-state index in [2.05, 4.69) is 0 Å². The normalized spacial score (nSPS) is 29.5. The molecule has 14 atom stereocenters. The molecule has 0 aliphatic carbocycles. The van der Waals surface area contributed by atoms with E-state index in [9.17, 15) is 43.5 Å². The first-order chi connectivity index (χ1) is 33.4. The van der Waals surface area contributed by atoms with Crippen LogP contribution in [0.5, 0.6) is 0 Å². The number of hydrogen-bond acceptors (Lipinski definition) is 22. The van der Waals surface area contributed by atoms with Crippen molar-refractivity contribution in [1.29, 1.82) is 0 Å². The minimum atomic E-state index is -2.09. The number of aliphatic hydroxyl groups is 1. The molecule has 3 aromatic rings. The number of carbonyl (C=O) groups excluding carboxylic acids is 8. The lowest BCUT2D eigenvalue weighted by molar-refractivity contribution is -0.361. The maximum atomic E-state index is 13.9. The molecule has 0 amide bonds. The standard InChI is InChI=1S/C48H52O22/c1-24-35(62-26(3)50)38(64-28(5)52)42(70-48-41(65-29(6)53)37(63-27(4)51)33(22-59-48)61-25(2)49)47(60-24)58-23-34-36(67-43(54)30-16-10-7-11-17-30)39(68-44(55)31-18-12-8-13-19-31)40(46(57)66-34)69-45(56)32-20-14-9-15-21-32/h7-21,24,33-42,46-48,57H,22-23H2,1-6H3/t24-,33-,34-,35+,36-,37+,38+,39+,40-,41-,42-,46-,47-,48+/m1/s1. The number of carbonyl (C=O) groups is 8. The van der Waals surface area contributed by atoms with Crippen molar-refractivity contribution in [3.8, 4) is 0 Å². The molecule has 3 aromatic carbocycles. The summed E-state index contributed by atoms with van der Waals surface area (Å²) in [6, 6.07) is 23.0. The van der Waals surface area contributed by atoms with E-state index in [1.807, 2.05) is 0 Å². The van der Waals surface area contributed by atoms with Crippen LogP contribution in [-0.4, -0.2) is 152 Å². The average molecular weight is 981 g/mol. The molecule has 3 heterocycles. The van der Waals surface area contributed by atoms with Gasteiger partial charge in [0.2, 0.25) is 0 Å². The van der Waals surface area contributed by atoms with E-state index in [1.165, 1.54) is 43.3 Å². The minimum Gasteiger partial charge on any atom is -0.456 e. The highest BCUT2D eigenvalue weighted by Gasteiger charge is 2.57. The van der Waals surface area contributed by atoms with Gasteiger partial charge in [0.05, 0.1) is 36.0 Å². The van der Waals surface area contributed by atoms with Gasteiger partial charge in [0.25, 0.3) is 0 Å². The Morgan fingerprint density at radius 3 is 1.37 bits per heavy atom. The van der Waals surface area contributed by atoms with Crippen LogP contribution in [0.2, 0.25) is 0 Å². The molecule has 0 spiro atoms. The Labute approximate surface area is 400 Å². The molecule has 3 saturated heterocycles. The van der Waals surface area contributed by atoms with Gasteiger partial charge in [-0.2, -0.15) is 0 Å². The van der Waals surface area contributed by atoms with Crippen LogP contribution >= 0.6 is 0 Å². The zero-order valence-electron chi connectivity index (χ0n) is 38.7. The van der Waals surface area contributed by atoms with E-state index in [0.29, 0.717) is 0 Å². The number of rotatable bonds is 16. The molecule has 376 valence electrons. The van der Waals surface area contributed by atoms with Crippen molar-refractivity contribution in [3.63, 3.8) is 0 Å². The summed E-state index contributed by atoms with van der Waals surface area (Å²) in [5, 5.41) is 11.7. The number of aliphatic hydroxyl groups excluding tert-OH is 1. The maximum absolute atomic E-state index is 13.9. The SMILES string of the molecule is CC(=O)O[C@H]1[C@@H](OC(C)=O)[C@@H](C)O[C@@H](OC[C@H]2O[C@@H](O)[C@H](OC(=O)c3ccccc3)[C@@H](OC(=O)c3ccccc3)[C@@H]2OC(=O)c2ccccc2)[C@@H]1O[C@@H]1OC[C@@H](OC(C)=O)[C@H](OC(C)=O)[C@H]1OC(C)=O. The van der Waals surface area contributed by atoms with Crippen molar-refractivity contribution < 1.29 is 105 Å². The Morgan fingerprint density at radius 2 is 0.886 bits per heavy atom. The number of ether oxygens (including phenoxy) is 13. The van der Waals surface area contributed by atoms with Gasteiger partial charge in [-0.15, -0.1) is 0 Å². The van der Waals surface area contributed by atoms with Crippen molar-refractivity contribution in [2.24, 2.45) is 0 Å². The molecular weight excluding hydrogens is 929 g/mol. The first-order valence-electron chi connectivity index (χ1n) is 21.9. The van der Waals surface area contributed by atoms with Crippen LogP contribution in [0.15, 0.2) is 91.0 Å². The molecule has 0 radical (unpaired) electrons. The van der Waals surface area contributed by atoms with Crippen LogP contribution in [0.4, 0.5) is 0 Å². The molecule has 3 aliphatic heterocycles. The lowest BCUT2D eigenvalue weighted by Gasteiger charge is -2.47. The van der Waals surface area contributed by atoms with Gasteiger partial charge >= 0.3 is 47.8 Å². The van der Waals surface area contributed by atoms with Crippen LogP contribution in [-0.2, 0) is 85.6 Å². The molecule has 70 heavy (non-hydrogen) atoms. The van der Waals surface area contributed by atoms with Crippen molar-refractivity contribution in [2.45, 2.75) is 128 Å². The topological polar surface area (TPSA) is 277 Å². The van der Waals surface area contributed by atoms with E-state index in [0.717, 1.165) is 34.6 Å². The van der Waals surface area contributed by atoms with Crippen LogP contribution < -0.4 is 0 Å². The zero-order chi connectivity index (χ0) is 50.6. The highest BCUT2D eigenvalue weighted by atomic mass is 16.8. The fourth-order valence-electron chi connectivity index (χ4n) is 7.83. The first-order valence-corrected chi connectivity index (χ1v) is 21.9. The van der Waals surface area contributed by atoms with E-state index in [4.69, 9.17) is 61.6 Å². The summed E-state index contributed by atoms with van der Waals surface area (Å²) in [5.41, 5.74) is 0.123. The summed E-state index contributed by atoms with van der Waals surface area (Å²) < 4.78 is 76.1. The second-order valence-electron chi connectivity index (χ2n) is 16.1. The molecular formula is C48H52O22. The van der Waals surface area contributed by atoms with E-state index >= 15 is 0 Å². The van der Waals surface area contributed by atoms with Gasteiger partial charge in [0.15, 0.2) is 73.8 Å². The van der Waals surface area contributed by atoms with Crippen LogP contribution in [0, 0.1) is 0 Å². The van der Waals surface area contributed by atoms with Gasteiger partial charge < -0.3 is 66.7 Å². The predicted octanol–water partition coefficient (Wildman–Crippen LogP) is 2.54. The van der Waals surface area contributed by atoms with Crippen molar-refractivity contribution >= 4 is 47.8 Å². The second kappa shape index (κ2) is 24.1. The fourth-order valence-corrected chi connectivity index (χ4v) is 7.83. The Hall–Kier alpha value is -6.82. The molecule has 3 aliphatic rings. The van der Waals surface area contributed by atoms with Gasteiger partial charge in [-0.05, 0) is 43.3 Å². The van der Waals surface area contributed by atoms with Crippen LogP contribution in [0.1, 0.15) is 72.6 Å². The number of hydrogen-bond donors (Lipinski definition) is 1. The predicted molar refractivity (Wildman–Crippen MR) is 230 cm³/mol.